The Kier molecular flexibility index (Phi) is 6.75. The van der Waals surface area contributed by atoms with Crippen molar-refractivity contribution in [2.75, 3.05) is 0 Å². The second kappa shape index (κ2) is 11.5. The minimum atomic E-state index is -0.153. The van der Waals surface area contributed by atoms with Crippen molar-refractivity contribution in [2.45, 2.75) is 57.8 Å². The van der Waals surface area contributed by atoms with Gasteiger partial charge in [0.2, 0.25) is 0 Å². The van der Waals surface area contributed by atoms with E-state index >= 15 is 0 Å². The summed E-state index contributed by atoms with van der Waals surface area (Å²) in [4.78, 5) is 5.04. The van der Waals surface area contributed by atoms with E-state index in [1.54, 1.807) is 11.3 Å². The molecule has 0 saturated carbocycles. The second-order valence-corrected chi connectivity index (χ2v) is 19.4. The first kappa shape index (κ1) is 34.0. The number of rotatable bonds is 3. The zero-order valence-corrected chi connectivity index (χ0v) is 34.6. The summed E-state index contributed by atoms with van der Waals surface area (Å²) < 4.78 is 1.22. The van der Waals surface area contributed by atoms with Crippen LogP contribution in [0.3, 0.4) is 0 Å². The lowest BCUT2D eigenvalue weighted by Crippen LogP contribution is -2.17. The molecule has 0 saturated heterocycles. The van der Waals surface area contributed by atoms with Crippen LogP contribution in [-0.4, -0.2) is 4.98 Å². The molecule has 2 heteroatoms. The smallest absolute Gasteiger partial charge is 0.125 e. The van der Waals surface area contributed by atoms with Gasteiger partial charge in [-0.2, -0.15) is 0 Å². The molecule has 278 valence electrons. The van der Waals surface area contributed by atoms with Crippen molar-refractivity contribution in [1.29, 1.82) is 0 Å². The number of para-hydroxylation sites is 1. The van der Waals surface area contributed by atoms with Crippen LogP contribution in [0.4, 0.5) is 0 Å². The van der Waals surface area contributed by atoms with Crippen LogP contribution in [0.2, 0.25) is 0 Å². The standard InChI is InChI=1S/C56H43NS/c1-54(2)45-26-33(32-14-8-7-9-15-32)20-22-38(45)41-28-49-43(30-47(41)54)44-31-48-42(29-50(44)56(49,5)6)39-23-21-34(27-46(39)55(48,3)4)35-24-25-40(37-17-11-10-16-36(35)37)53-57-51-18-12-13-19-52(51)58-53/h7-31H,1-6H3. The molecule has 12 rings (SSSR count). The van der Waals surface area contributed by atoms with Gasteiger partial charge in [-0.15, -0.1) is 11.3 Å². The molecule has 3 aliphatic rings. The maximum atomic E-state index is 5.04. The minimum absolute atomic E-state index is 0.100. The first-order valence-corrected chi connectivity index (χ1v) is 21.4. The van der Waals surface area contributed by atoms with Crippen molar-refractivity contribution in [1.82, 2.24) is 4.98 Å². The van der Waals surface area contributed by atoms with Crippen molar-refractivity contribution >= 4 is 32.3 Å². The average molecular weight is 762 g/mol. The number of hydrogen-bond donors (Lipinski definition) is 0. The minimum Gasteiger partial charge on any atom is -0.236 e. The normalized spacial score (nSPS) is 15.8. The number of benzene rings is 8. The van der Waals surface area contributed by atoms with Crippen LogP contribution in [0.5, 0.6) is 0 Å². The Balaban J connectivity index is 0.954. The number of aromatic nitrogens is 1. The fraction of sp³-hybridized carbons (Fsp3) is 0.161. The lowest BCUT2D eigenvalue weighted by atomic mass is 9.78. The van der Waals surface area contributed by atoms with Gasteiger partial charge in [0, 0.05) is 21.8 Å². The van der Waals surface area contributed by atoms with E-state index in [0.29, 0.717) is 0 Å². The lowest BCUT2D eigenvalue weighted by Gasteiger charge is -2.25. The summed E-state index contributed by atoms with van der Waals surface area (Å²) in [6, 6.07) is 57.3. The Labute approximate surface area is 344 Å². The van der Waals surface area contributed by atoms with Crippen molar-refractivity contribution in [3.63, 3.8) is 0 Å². The van der Waals surface area contributed by atoms with Gasteiger partial charge in [0.1, 0.15) is 5.01 Å². The van der Waals surface area contributed by atoms with Gasteiger partial charge in [-0.1, -0.05) is 145 Å². The fourth-order valence-electron chi connectivity index (χ4n) is 10.9. The summed E-state index contributed by atoms with van der Waals surface area (Å²) in [5.74, 6) is 0. The SMILES string of the molecule is CC1(C)c2cc(-c3ccccc3)ccc2-c2cc3c(cc21)-c1cc2c(cc1C3(C)C)-c1ccc(-c3ccc(-c4nc5ccccc5s4)c4ccccc34)cc1C2(C)C. The summed E-state index contributed by atoms with van der Waals surface area (Å²) in [5.41, 5.74) is 23.8. The Morgan fingerprint density at radius 2 is 0.776 bits per heavy atom. The molecule has 58 heavy (non-hydrogen) atoms. The predicted molar refractivity (Wildman–Crippen MR) is 246 cm³/mol. The molecule has 1 aromatic heterocycles. The molecule has 1 nitrogen and oxygen atoms in total. The van der Waals surface area contributed by atoms with E-state index in [2.05, 4.69) is 193 Å². The molecule has 1 heterocycles. The lowest BCUT2D eigenvalue weighted by molar-refractivity contribution is 0.649. The van der Waals surface area contributed by atoms with Gasteiger partial charge in [0.05, 0.1) is 10.2 Å². The van der Waals surface area contributed by atoms with Crippen LogP contribution in [0.25, 0.3) is 87.2 Å². The van der Waals surface area contributed by atoms with E-state index < -0.39 is 0 Å². The molecule has 3 aliphatic carbocycles. The summed E-state index contributed by atoms with van der Waals surface area (Å²) in [7, 11) is 0. The number of thiazole rings is 1. The number of fused-ring (bicyclic) bond motifs is 11. The van der Waals surface area contributed by atoms with E-state index in [4.69, 9.17) is 4.98 Å². The van der Waals surface area contributed by atoms with Gasteiger partial charge < -0.3 is 0 Å². The van der Waals surface area contributed by atoms with Crippen molar-refractivity contribution in [3.8, 4) is 66.2 Å². The maximum Gasteiger partial charge on any atom is 0.125 e. The molecular formula is C56H43NS. The second-order valence-electron chi connectivity index (χ2n) is 18.3. The highest BCUT2D eigenvalue weighted by atomic mass is 32.1. The molecule has 0 bridgehead atoms. The summed E-state index contributed by atoms with van der Waals surface area (Å²) >= 11 is 1.77. The largest absolute Gasteiger partial charge is 0.236 e. The third-order valence-electron chi connectivity index (χ3n) is 14.1. The molecule has 0 spiro atoms. The highest BCUT2D eigenvalue weighted by Gasteiger charge is 2.44. The number of nitrogens with zero attached hydrogens (tertiary/aromatic N) is 1. The average Bonchev–Trinajstić information content (AvgIpc) is 3.90. The number of hydrogen-bond acceptors (Lipinski definition) is 2. The summed E-state index contributed by atoms with van der Waals surface area (Å²) in [6.45, 7) is 14.5. The van der Waals surface area contributed by atoms with E-state index in [-0.39, 0.29) is 16.2 Å². The van der Waals surface area contributed by atoms with E-state index in [1.165, 1.54) is 110 Å². The highest BCUT2D eigenvalue weighted by molar-refractivity contribution is 7.21. The van der Waals surface area contributed by atoms with Gasteiger partial charge in [0.15, 0.2) is 0 Å². The van der Waals surface area contributed by atoms with Gasteiger partial charge in [-0.3, -0.25) is 0 Å². The third kappa shape index (κ3) is 4.50. The third-order valence-corrected chi connectivity index (χ3v) is 15.2. The summed E-state index contributed by atoms with van der Waals surface area (Å²) in [5, 5.41) is 3.58. The van der Waals surface area contributed by atoms with Crippen LogP contribution in [-0.2, 0) is 16.2 Å². The van der Waals surface area contributed by atoms with Crippen molar-refractivity contribution in [2.24, 2.45) is 0 Å². The van der Waals surface area contributed by atoms with E-state index in [0.717, 1.165) is 10.5 Å². The summed E-state index contributed by atoms with van der Waals surface area (Å²) in [6.07, 6.45) is 0. The predicted octanol–water partition coefficient (Wildman–Crippen LogP) is 15.4. The molecular weight excluding hydrogens is 719 g/mol. The molecule has 0 N–H and O–H groups in total. The zero-order valence-electron chi connectivity index (χ0n) is 33.8. The van der Waals surface area contributed by atoms with Crippen molar-refractivity contribution < 1.29 is 0 Å². The zero-order chi connectivity index (χ0) is 39.3. The maximum absolute atomic E-state index is 5.04. The fourth-order valence-corrected chi connectivity index (χ4v) is 11.9. The van der Waals surface area contributed by atoms with Crippen LogP contribution in [0, 0.1) is 0 Å². The van der Waals surface area contributed by atoms with Crippen LogP contribution < -0.4 is 0 Å². The quantitative estimate of drug-likeness (QED) is 0.175. The van der Waals surface area contributed by atoms with Gasteiger partial charge in [0.25, 0.3) is 0 Å². The molecule has 0 atom stereocenters. The first-order chi connectivity index (χ1) is 28.0. The monoisotopic (exact) mass is 761 g/mol. The van der Waals surface area contributed by atoms with E-state index in [1.807, 2.05) is 0 Å². The molecule has 0 radical (unpaired) electrons. The molecule has 0 fully saturated rings. The molecule has 8 aromatic carbocycles. The first-order valence-electron chi connectivity index (χ1n) is 20.6. The van der Waals surface area contributed by atoms with Gasteiger partial charge in [-0.05, 0) is 148 Å². The molecule has 0 aliphatic heterocycles. The van der Waals surface area contributed by atoms with Crippen LogP contribution >= 0.6 is 11.3 Å². The van der Waals surface area contributed by atoms with Gasteiger partial charge >= 0.3 is 0 Å². The van der Waals surface area contributed by atoms with Gasteiger partial charge in [-0.25, -0.2) is 4.98 Å². The Morgan fingerprint density at radius 1 is 0.345 bits per heavy atom. The Hall–Kier alpha value is -6.09. The van der Waals surface area contributed by atoms with E-state index in [9.17, 15) is 0 Å². The molecule has 0 unspecified atom stereocenters. The van der Waals surface area contributed by atoms with Crippen LogP contribution in [0.1, 0.15) is 74.9 Å². The Bertz CT molecular complexity index is 3210. The highest BCUT2D eigenvalue weighted by Crippen LogP contribution is 2.60. The van der Waals surface area contributed by atoms with Crippen molar-refractivity contribution in [3.05, 3.63) is 185 Å². The Morgan fingerprint density at radius 3 is 1.36 bits per heavy atom. The molecule has 0 amide bonds. The van der Waals surface area contributed by atoms with Crippen LogP contribution in [0.15, 0.2) is 152 Å². The molecule has 9 aromatic rings. The topological polar surface area (TPSA) is 12.9 Å².